The van der Waals surface area contributed by atoms with E-state index < -0.39 is 12.1 Å². The Labute approximate surface area is 300 Å². The van der Waals surface area contributed by atoms with Crippen LogP contribution in [0.3, 0.4) is 0 Å². The zero-order valence-corrected chi connectivity index (χ0v) is 32.5. The Hall–Kier alpha value is -1.13. The van der Waals surface area contributed by atoms with Crippen LogP contribution in [0.1, 0.15) is 232 Å². The largest absolute Gasteiger partial charge is 0.394 e. The Morgan fingerprint density at radius 1 is 0.479 bits per heavy atom. The van der Waals surface area contributed by atoms with Crippen molar-refractivity contribution in [2.45, 2.75) is 244 Å². The lowest BCUT2D eigenvalue weighted by Gasteiger charge is -2.22. The van der Waals surface area contributed by atoms with E-state index in [0.29, 0.717) is 12.8 Å². The van der Waals surface area contributed by atoms with Gasteiger partial charge in [0.15, 0.2) is 0 Å². The molecule has 0 aromatic carbocycles. The SMILES string of the molecule is CCCCCCCC/C=C/CCCCCCCCCCCCCCCC(=O)N[C@@H](CO)[C@H](O)CCCC/C=C/CCCCCCCCC. The minimum absolute atomic E-state index is 0.0404. The lowest BCUT2D eigenvalue weighted by molar-refractivity contribution is -0.123. The molecule has 48 heavy (non-hydrogen) atoms. The van der Waals surface area contributed by atoms with Gasteiger partial charge in [0.25, 0.3) is 0 Å². The molecule has 0 fully saturated rings. The van der Waals surface area contributed by atoms with Crippen molar-refractivity contribution in [2.24, 2.45) is 0 Å². The van der Waals surface area contributed by atoms with Crippen molar-refractivity contribution in [1.29, 1.82) is 0 Å². The predicted molar refractivity (Wildman–Crippen MR) is 212 cm³/mol. The van der Waals surface area contributed by atoms with Gasteiger partial charge in [0, 0.05) is 6.42 Å². The molecule has 3 N–H and O–H groups in total. The Morgan fingerprint density at radius 3 is 1.15 bits per heavy atom. The molecule has 0 rings (SSSR count). The van der Waals surface area contributed by atoms with Crippen LogP contribution in [0, 0.1) is 0 Å². The second-order valence-corrected chi connectivity index (χ2v) is 14.8. The maximum Gasteiger partial charge on any atom is 0.220 e. The molecule has 0 radical (unpaired) electrons. The summed E-state index contributed by atoms with van der Waals surface area (Å²) in [6, 6.07) is -0.549. The van der Waals surface area contributed by atoms with Gasteiger partial charge in [-0.1, -0.05) is 186 Å². The van der Waals surface area contributed by atoms with Gasteiger partial charge in [-0.2, -0.15) is 0 Å². The Morgan fingerprint density at radius 2 is 0.792 bits per heavy atom. The van der Waals surface area contributed by atoms with Crippen LogP contribution in [0.15, 0.2) is 24.3 Å². The van der Waals surface area contributed by atoms with Crippen LogP contribution in [0.2, 0.25) is 0 Å². The fraction of sp³-hybridized carbons (Fsp3) is 0.886. The number of hydrogen-bond acceptors (Lipinski definition) is 3. The monoisotopic (exact) mass is 676 g/mol. The number of amides is 1. The lowest BCUT2D eigenvalue weighted by atomic mass is 10.0. The molecule has 0 bridgehead atoms. The zero-order valence-electron chi connectivity index (χ0n) is 32.5. The third-order valence-corrected chi connectivity index (χ3v) is 9.93. The first-order valence-electron chi connectivity index (χ1n) is 21.5. The first kappa shape index (κ1) is 46.9. The van der Waals surface area contributed by atoms with Crippen molar-refractivity contribution in [3.63, 3.8) is 0 Å². The molecule has 0 aliphatic rings. The number of allylic oxidation sites excluding steroid dienone is 4. The average Bonchev–Trinajstić information content (AvgIpc) is 3.09. The Balaban J connectivity index is 3.50. The number of aliphatic hydroxyl groups excluding tert-OH is 2. The van der Waals surface area contributed by atoms with Gasteiger partial charge in [0.2, 0.25) is 5.91 Å². The van der Waals surface area contributed by atoms with Crippen molar-refractivity contribution in [1.82, 2.24) is 5.32 Å². The van der Waals surface area contributed by atoms with Crippen molar-refractivity contribution in [3.05, 3.63) is 24.3 Å². The highest BCUT2D eigenvalue weighted by molar-refractivity contribution is 5.76. The summed E-state index contributed by atoms with van der Waals surface area (Å²) in [5, 5.41) is 23.1. The van der Waals surface area contributed by atoms with Crippen molar-refractivity contribution >= 4 is 5.91 Å². The number of rotatable bonds is 39. The fourth-order valence-corrected chi connectivity index (χ4v) is 6.58. The summed E-state index contributed by atoms with van der Waals surface area (Å²) >= 11 is 0. The van der Waals surface area contributed by atoms with Crippen LogP contribution in [-0.2, 0) is 4.79 Å². The molecule has 4 nitrogen and oxygen atoms in total. The quantitative estimate of drug-likeness (QED) is 0.0448. The molecule has 0 aromatic rings. The molecule has 0 aliphatic heterocycles. The first-order valence-corrected chi connectivity index (χ1v) is 21.5. The van der Waals surface area contributed by atoms with Gasteiger partial charge in [-0.05, 0) is 64.2 Å². The Kier molecular flexibility index (Phi) is 39.4. The summed E-state index contributed by atoms with van der Waals surface area (Å²) < 4.78 is 0. The molecule has 0 saturated heterocycles. The van der Waals surface area contributed by atoms with Crippen molar-refractivity contribution in [2.75, 3.05) is 6.61 Å². The number of hydrogen-bond donors (Lipinski definition) is 3. The number of nitrogens with one attached hydrogen (secondary N) is 1. The maximum atomic E-state index is 12.4. The van der Waals surface area contributed by atoms with Gasteiger partial charge >= 0.3 is 0 Å². The molecule has 0 spiro atoms. The van der Waals surface area contributed by atoms with Gasteiger partial charge in [0.1, 0.15) is 0 Å². The molecule has 284 valence electrons. The topological polar surface area (TPSA) is 69.6 Å². The minimum atomic E-state index is -0.678. The van der Waals surface area contributed by atoms with E-state index in [0.717, 1.165) is 32.1 Å². The molecule has 0 unspecified atom stereocenters. The summed E-state index contributed by atoms with van der Waals surface area (Å²) in [6.45, 7) is 4.34. The van der Waals surface area contributed by atoms with Crippen LogP contribution >= 0.6 is 0 Å². The number of carbonyl (C=O) groups is 1. The van der Waals surface area contributed by atoms with E-state index >= 15 is 0 Å². The fourth-order valence-electron chi connectivity index (χ4n) is 6.58. The molecule has 4 heteroatoms. The predicted octanol–water partition coefficient (Wildman–Crippen LogP) is 13.2. The lowest BCUT2D eigenvalue weighted by Crippen LogP contribution is -2.45. The highest BCUT2D eigenvalue weighted by Crippen LogP contribution is 2.15. The van der Waals surface area contributed by atoms with Gasteiger partial charge in [0.05, 0.1) is 18.8 Å². The van der Waals surface area contributed by atoms with E-state index in [4.69, 9.17) is 0 Å². The smallest absolute Gasteiger partial charge is 0.220 e. The second-order valence-electron chi connectivity index (χ2n) is 14.8. The van der Waals surface area contributed by atoms with Crippen LogP contribution in [0.25, 0.3) is 0 Å². The second kappa shape index (κ2) is 40.3. The maximum absolute atomic E-state index is 12.4. The summed E-state index contributed by atoms with van der Waals surface area (Å²) in [4.78, 5) is 12.4. The van der Waals surface area contributed by atoms with Gasteiger partial charge < -0.3 is 15.5 Å². The Bertz CT molecular complexity index is 691. The minimum Gasteiger partial charge on any atom is -0.394 e. The van der Waals surface area contributed by atoms with Crippen LogP contribution in [0.5, 0.6) is 0 Å². The molecule has 0 heterocycles. The van der Waals surface area contributed by atoms with Crippen LogP contribution < -0.4 is 5.32 Å². The van der Waals surface area contributed by atoms with Gasteiger partial charge in [-0.3, -0.25) is 4.79 Å². The molecule has 0 aliphatic carbocycles. The van der Waals surface area contributed by atoms with E-state index in [1.807, 2.05) is 0 Å². The van der Waals surface area contributed by atoms with Gasteiger partial charge in [-0.15, -0.1) is 0 Å². The summed E-state index contributed by atoms with van der Waals surface area (Å²) in [6.07, 6.45) is 51.1. The highest BCUT2D eigenvalue weighted by Gasteiger charge is 2.19. The number of aliphatic hydroxyl groups is 2. The molecular weight excluding hydrogens is 590 g/mol. The van der Waals surface area contributed by atoms with Crippen molar-refractivity contribution in [3.8, 4) is 0 Å². The van der Waals surface area contributed by atoms with Crippen molar-refractivity contribution < 1.29 is 15.0 Å². The van der Waals surface area contributed by atoms with E-state index in [1.165, 1.54) is 173 Å². The van der Waals surface area contributed by atoms with E-state index in [-0.39, 0.29) is 12.5 Å². The summed E-state index contributed by atoms with van der Waals surface area (Å²) in [5.41, 5.74) is 0. The standard InChI is InChI=1S/C44H85NO3/c1-3-5-7-9-11-13-15-17-18-19-20-21-22-23-24-25-26-28-30-32-34-36-38-40-44(48)45-42(41-46)43(47)39-37-35-33-31-29-27-16-14-12-10-8-6-4-2/h17-18,29,31,42-43,46-47H,3-16,19-28,30,32-41H2,1-2H3,(H,45,48)/b18-17+,31-29+/t42-,43+/m0/s1. The van der Waals surface area contributed by atoms with Crippen LogP contribution in [-0.4, -0.2) is 34.9 Å². The van der Waals surface area contributed by atoms with Crippen LogP contribution in [0.4, 0.5) is 0 Å². The van der Waals surface area contributed by atoms with E-state index in [2.05, 4.69) is 43.5 Å². The molecule has 2 atom stereocenters. The van der Waals surface area contributed by atoms with E-state index in [1.54, 1.807) is 0 Å². The highest BCUT2D eigenvalue weighted by atomic mass is 16.3. The van der Waals surface area contributed by atoms with Gasteiger partial charge in [-0.25, -0.2) is 0 Å². The first-order chi connectivity index (χ1) is 23.7. The molecule has 0 saturated carbocycles. The summed E-state index contributed by atoms with van der Waals surface area (Å²) in [7, 11) is 0. The average molecular weight is 676 g/mol. The number of unbranched alkanes of at least 4 members (excludes halogenated alkanes) is 28. The third-order valence-electron chi connectivity index (χ3n) is 9.93. The third kappa shape index (κ3) is 36.2. The number of carbonyl (C=O) groups excluding carboxylic acids is 1. The summed E-state index contributed by atoms with van der Waals surface area (Å²) in [5.74, 6) is -0.0404. The molecule has 1 amide bonds. The van der Waals surface area contributed by atoms with E-state index in [9.17, 15) is 15.0 Å². The zero-order chi connectivity index (χ0) is 35.0. The molecule has 0 aromatic heterocycles. The normalized spacial score (nSPS) is 13.2. The molecular formula is C44H85NO3.